The van der Waals surface area contributed by atoms with E-state index in [2.05, 4.69) is 20.6 Å². The molecule has 0 aromatic carbocycles. The molecule has 0 aliphatic heterocycles. The molecule has 0 spiro atoms. The fraction of sp³-hybridized carbons (Fsp3) is 0.231. The number of nitrogens with one attached hydrogen (secondary N) is 2. The van der Waals surface area contributed by atoms with Gasteiger partial charge in [-0.1, -0.05) is 6.07 Å². The maximum Gasteiger partial charge on any atom is 0.0547 e. The molecule has 4 heteroatoms. The molecule has 0 aliphatic carbocycles. The van der Waals surface area contributed by atoms with Gasteiger partial charge in [-0.3, -0.25) is 9.97 Å². The summed E-state index contributed by atoms with van der Waals surface area (Å²) in [6, 6.07) is 8.00. The third-order valence-corrected chi connectivity index (χ3v) is 2.46. The molecule has 0 saturated heterocycles. The standard InChI is InChI=1S/C13H16N4/c1-14-12-8-13(10-15-9-12)17-7-5-11-4-2-3-6-16-11/h2-4,6,8-10,14,17H,5,7H2,1H3. The lowest BCUT2D eigenvalue weighted by atomic mass is 10.2. The molecule has 0 aliphatic rings. The molecule has 4 nitrogen and oxygen atoms in total. The number of hydrogen-bond acceptors (Lipinski definition) is 4. The van der Waals surface area contributed by atoms with Crippen LogP contribution in [0.5, 0.6) is 0 Å². The van der Waals surface area contributed by atoms with Crippen molar-refractivity contribution in [2.45, 2.75) is 6.42 Å². The molecule has 0 bridgehead atoms. The van der Waals surface area contributed by atoms with Gasteiger partial charge in [-0.15, -0.1) is 0 Å². The summed E-state index contributed by atoms with van der Waals surface area (Å²) < 4.78 is 0. The second-order valence-corrected chi connectivity index (χ2v) is 3.71. The number of anilines is 2. The molecular formula is C13H16N4. The van der Waals surface area contributed by atoms with E-state index in [0.29, 0.717) is 0 Å². The number of pyridine rings is 2. The van der Waals surface area contributed by atoms with Gasteiger partial charge in [0.25, 0.3) is 0 Å². The van der Waals surface area contributed by atoms with E-state index in [0.717, 1.165) is 30.0 Å². The van der Waals surface area contributed by atoms with Crippen LogP contribution in [-0.4, -0.2) is 23.6 Å². The van der Waals surface area contributed by atoms with Crippen molar-refractivity contribution in [2.75, 3.05) is 24.2 Å². The van der Waals surface area contributed by atoms with E-state index in [-0.39, 0.29) is 0 Å². The Morgan fingerprint density at radius 3 is 2.82 bits per heavy atom. The van der Waals surface area contributed by atoms with Crippen molar-refractivity contribution in [3.05, 3.63) is 48.5 Å². The van der Waals surface area contributed by atoms with Crippen molar-refractivity contribution >= 4 is 11.4 Å². The Hall–Kier alpha value is -2.10. The van der Waals surface area contributed by atoms with Crippen LogP contribution in [0.1, 0.15) is 5.69 Å². The summed E-state index contributed by atoms with van der Waals surface area (Å²) in [6.45, 7) is 0.853. The highest BCUT2D eigenvalue weighted by atomic mass is 14.9. The Morgan fingerprint density at radius 2 is 2.06 bits per heavy atom. The van der Waals surface area contributed by atoms with Gasteiger partial charge in [0.2, 0.25) is 0 Å². The average Bonchev–Trinajstić information content (AvgIpc) is 2.40. The van der Waals surface area contributed by atoms with Gasteiger partial charge in [0.15, 0.2) is 0 Å². The van der Waals surface area contributed by atoms with Crippen molar-refractivity contribution in [3.8, 4) is 0 Å². The number of aromatic nitrogens is 2. The van der Waals surface area contributed by atoms with E-state index in [4.69, 9.17) is 0 Å². The third kappa shape index (κ3) is 3.45. The third-order valence-electron chi connectivity index (χ3n) is 2.46. The normalized spacial score (nSPS) is 9.94. The molecule has 0 saturated carbocycles. The number of hydrogen-bond donors (Lipinski definition) is 2. The molecule has 0 fully saturated rings. The van der Waals surface area contributed by atoms with E-state index < -0.39 is 0 Å². The molecule has 2 N–H and O–H groups in total. The molecule has 0 atom stereocenters. The number of nitrogens with zero attached hydrogens (tertiary/aromatic N) is 2. The minimum absolute atomic E-state index is 0.853. The minimum atomic E-state index is 0.853. The van der Waals surface area contributed by atoms with Crippen molar-refractivity contribution in [3.63, 3.8) is 0 Å². The van der Waals surface area contributed by atoms with Gasteiger partial charge in [0.05, 0.1) is 23.8 Å². The summed E-state index contributed by atoms with van der Waals surface area (Å²) in [4.78, 5) is 8.42. The lowest BCUT2D eigenvalue weighted by molar-refractivity contribution is 0.960. The highest BCUT2D eigenvalue weighted by Crippen LogP contribution is 2.11. The van der Waals surface area contributed by atoms with E-state index in [1.807, 2.05) is 43.7 Å². The molecule has 17 heavy (non-hydrogen) atoms. The molecule has 2 aromatic heterocycles. The van der Waals surface area contributed by atoms with Gasteiger partial charge in [-0.2, -0.15) is 0 Å². The predicted molar refractivity (Wildman–Crippen MR) is 70.2 cm³/mol. The van der Waals surface area contributed by atoms with Crippen molar-refractivity contribution in [1.82, 2.24) is 9.97 Å². The van der Waals surface area contributed by atoms with Crippen LogP contribution >= 0.6 is 0 Å². The second-order valence-electron chi connectivity index (χ2n) is 3.71. The van der Waals surface area contributed by atoms with Gasteiger partial charge in [-0.05, 0) is 18.2 Å². The largest absolute Gasteiger partial charge is 0.387 e. The quantitative estimate of drug-likeness (QED) is 0.823. The Bertz CT molecular complexity index is 456. The summed E-state index contributed by atoms with van der Waals surface area (Å²) in [6.07, 6.45) is 6.34. The lowest BCUT2D eigenvalue weighted by Crippen LogP contribution is -2.06. The van der Waals surface area contributed by atoms with Crippen molar-refractivity contribution < 1.29 is 0 Å². The van der Waals surface area contributed by atoms with Gasteiger partial charge >= 0.3 is 0 Å². The highest BCUT2D eigenvalue weighted by Gasteiger charge is 1.96. The van der Waals surface area contributed by atoms with Crippen LogP contribution in [0, 0.1) is 0 Å². The van der Waals surface area contributed by atoms with Gasteiger partial charge < -0.3 is 10.6 Å². The zero-order chi connectivity index (χ0) is 11.9. The zero-order valence-electron chi connectivity index (χ0n) is 9.85. The molecule has 2 heterocycles. The lowest BCUT2D eigenvalue weighted by Gasteiger charge is -2.07. The van der Waals surface area contributed by atoms with Crippen LogP contribution < -0.4 is 10.6 Å². The smallest absolute Gasteiger partial charge is 0.0547 e. The summed E-state index contributed by atoms with van der Waals surface area (Å²) >= 11 is 0. The summed E-state index contributed by atoms with van der Waals surface area (Å²) in [7, 11) is 1.88. The molecule has 2 rings (SSSR count). The average molecular weight is 228 g/mol. The maximum absolute atomic E-state index is 4.28. The summed E-state index contributed by atoms with van der Waals surface area (Å²) in [5, 5.41) is 6.39. The van der Waals surface area contributed by atoms with E-state index in [1.54, 1.807) is 6.20 Å². The molecule has 0 radical (unpaired) electrons. The Balaban J connectivity index is 1.86. The molecule has 2 aromatic rings. The van der Waals surface area contributed by atoms with Crippen LogP contribution in [0.15, 0.2) is 42.9 Å². The summed E-state index contributed by atoms with van der Waals surface area (Å²) in [5.41, 5.74) is 3.12. The number of rotatable bonds is 5. The summed E-state index contributed by atoms with van der Waals surface area (Å²) in [5.74, 6) is 0. The first kappa shape index (κ1) is 11.4. The van der Waals surface area contributed by atoms with E-state index in [9.17, 15) is 0 Å². The second kappa shape index (κ2) is 5.84. The van der Waals surface area contributed by atoms with Crippen molar-refractivity contribution in [2.24, 2.45) is 0 Å². The minimum Gasteiger partial charge on any atom is -0.387 e. The first-order valence-corrected chi connectivity index (χ1v) is 5.65. The Labute approximate surface area is 101 Å². The van der Waals surface area contributed by atoms with Gasteiger partial charge in [0, 0.05) is 31.9 Å². The topological polar surface area (TPSA) is 49.8 Å². The van der Waals surface area contributed by atoms with Crippen molar-refractivity contribution in [1.29, 1.82) is 0 Å². The van der Waals surface area contributed by atoms with Gasteiger partial charge in [0.1, 0.15) is 0 Å². The zero-order valence-corrected chi connectivity index (χ0v) is 9.85. The van der Waals surface area contributed by atoms with E-state index in [1.165, 1.54) is 0 Å². The first-order chi connectivity index (χ1) is 8.38. The van der Waals surface area contributed by atoms with Crippen LogP contribution in [0.3, 0.4) is 0 Å². The predicted octanol–water partition coefficient (Wildman–Crippen LogP) is 2.17. The molecule has 0 unspecified atom stereocenters. The molecule has 88 valence electrons. The Kier molecular flexibility index (Phi) is 3.91. The van der Waals surface area contributed by atoms with E-state index >= 15 is 0 Å². The van der Waals surface area contributed by atoms with Crippen LogP contribution in [0.2, 0.25) is 0 Å². The molecular weight excluding hydrogens is 212 g/mol. The highest BCUT2D eigenvalue weighted by molar-refractivity contribution is 5.53. The fourth-order valence-electron chi connectivity index (χ4n) is 1.55. The van der Waals surface area contributed by atoms with Gasteiger partial charge in [-0.25, -0.2) is 0 Å². The Morgan fingerprint density at radius 1 is 1.18 bits per heavy atom. The van der Waals surface area contributed by atoms with Crippen LogP contribution in [0.4, 0.5) is 11.4 Å². The van der Waals surface area contributed by atoms with Crippen LogP contribution in [0.25, 0.3) is 0 Å². The van der Waals surface area contributed by atoms with Crippen LogP contribution in [-0.2, 0) is 6.42 Å². The SMILES string of the molecule is CNc1cncc(NCCc2ccccn2)c1. The first-order valence-electron chi connectivity index (χ1n) is 5.65. The molecule has 0 amide bonds. The fourth-order valence-corrected chi connectivity index (χ4v) is 1.55. The monoisotopic (exact) mass is 228 g/mol. The maximum atomic E-state index is 4.28.